The van der Waals surface area contributed by atoms with Gasteiger partial charge in [0.05, 0.1) is 0 Å². The molecule has 1 aromatic heterocycles. The van der Waals surface area contributed by atoms with Crippen molar-refractivity contribution in [3.05, 3.63) is 11.1 Å². The summed E-state index contributed by atoms with van der Waals surface area (Å²) in [6.45, 7) is 1.15. The van der Waals surface area contributed by atoms with Gasteiger partial charge in [0.1, 0.15) is 0 Å². The average molecular weight is 183 g/mol. The highest BCUT2D eigenvalue weighted by atomic mass is 32.1. The Morgan fingerprint density at radius 2 is 2.42 bits per heavy atom. The fraction of sp³-hybridized carbons (Fsp3) is 0.625. The van der Waals surface area contributed by atoms with Gasteiger partial charge in [-0.15, -0.1) is 11.3 Å². The largest absolute Gasteiger partial charge is 0.354 e. The first-order valence-corrected chi connectivity index (χ1v) is 4.95. The Morgan fingerprint density at radius 3 is 2.83 bits per heavy atom. The highest BCUT2D eigenvalue weighted by Gasteiger charge is 2.20. The first kappa shape index (κ1) is 8.01. The molecule has 1 aromatic rings. The molecule has 0 saturated carbocycles. The highest BCUT2D eigenvalue weighted by Crippen LogP contribution is 2.30. The van der Waals surface area contributed by atoms with Crippen LogP contribution in [0.2, 0.25) is 0 Å². The molecule has 2 rings (SSSR count). The van der Waals surface area contributed by atoms with E-state index >= 15 is 0 Å². The summed E-state index contributed by atoms with van der Waals surface area (Å²) in [7, 11) is 4.05. The summed E-state index contributed by atoms with van der Waals surface area (Å²) in [6, 6.07) is 0.580. The zero-order valence-corrected chi connectivity index (χ0v) is 8.19. The van der Waals surface area contributed by atoms with Crippen molar-refractivity contribution in [1.29, 1.82) is 0 Å². The minimum atomic E-state index is 0.580. The Labute approximate surface area is 76.4 Å². The van der Waals surface area contributed by atoms with Crippen molar-refractivity contribution in [2.75, 3.05) is 25.5 Å². The first-order valence-electron chi connectivity index (χ1n) is 4.14. The number of rotatable bonds is 2. The van der Waals surface area contributed by atoms with E-state index in [9.17, 15) is 0 Å². The van der Waals surface area contributed by atoms with E-state index in [-0.39, 0.29) is 0 Å². The van der Waals surface area contributed by atoms with Crippen molar-refractivity contribution in [3.63, 3.8) is 0 Å². The summed E-state index contributed by atoms with van der Waals surface area (Å²) in [6.07, 6.45) is 3.24. The molecule has 0 bridgehead atoms. The SMILES string of the molecule is CN(C)c1ncc(C2CCN2)s1. The minimum Gasteiger partial charge on any atom is -0.354 e. The molecule has 1 N–H and O–H groups in total. The molecule has 66 valence electrons. The van der Waals surface area contributed by atoms with Crippen molar-refractivity contribution in [2.24, 2.45) is 0 Å². The summed E-state index contributed by atoms with van der Waals surface area (Å²) in [5.41, 5.74) is 0. The third-order valence-corrected chi connectivity index (χ3v) is 3.34. The Morgan fingerprint density at radius 1 is 1.67 bits per heavy atom. The van der Waals surface area contributed by atoms with Crippen LogP contribution in [0.5, 0.6) is 0 Å². The summed E-state index contributed by atoms with van der Waals surface area (Å²) >= 11 is 1.78. The lowest BCUT2D eigenvalue weighted by atomic mass is 10.1. The van der Waals surface area contributed by atoms with Crippen LogP contribution in [0.3, 0.4) is 0 Å². The molecule has 12 heavy (non-hydrogen) atoms. The maximum atomic E-state index is 4.32. The van der Waals surface area contributed by atoms with Crippen LogP contribution in [0.4, 0.5) is 5.13 Å². The predicted octanol–water partition coefficient (Wildman–Crippen LogP) is 1.24. The maximum absolute atomic E-state index is 4.32. The van der Waals surface area contributed by atoms with Gasteiger partial charge in [0.2, 0.25) is 0 Å². The summed E-state index contributed by atoms with van der Waals surface area (Å²) in [4.78, 5) is 7.74. The second-order valence-electron chi connectivity index (χ2n) is 3.24. The fourth-order valence-electron chi connectivity index (χ4n) is 1.18. The van der Waals surface area contributed by atoms with Crippen LogP contribution < -0.4 is 10.2 Å². The van der Waals surface area contributed by atoms with Gasteiger partial charge in [0.15, 0.2) is 5.13 Å². The molecule has 1 saturated heterocycles. The van der Waals surface area contributed by atoms with Crippen molar-refractivity contribution in [1.82, 2.24) is 10.3 Å². The van der Waals surface area contributed by atoms with Crippen molar-refractivity contribution < 1.29 is 0 Å². The van der Waals surface area contributed by atoms with Crippen LogP contribution in [0, 0.1) is 0 Å². The van der Waals surface area contributed by atoms with Crippen LogP contribution in [0.15, 0.2) is 6.20 Å². The van der Waals surface area contributed by atoms with E-state index in [0.717, 1.165) is 11.7 Å². The molecule has 4 heteroatoms. The van der Waals surface area contributed by atoms with Gasteiger partial charge in [-0.2, -0.15) is 0 Å². The number of anilines is 1. The van der Waals surface area contributed by atoms with Gasteiger partial charge in [0.25, 0.3) is 0 Å². The van der Waals surface area contributed by atoms with Crippen LogP contribution in [-0.4, -0.2) is 25.6 Å². The van der Waals surface area contributed by atoms with E-state index < -0.39 is 0 Å². The number of thiazole rings is 1. The zero-order chi connectivity index (χ0) is 8.55. The smallest absolute Gasteiger partial charge is 0.185 e. The van der Waals surface area contributed by atoms with Gasteiger partial charge in [0, 0.05) is 31.2 Å². The Bertz CT molecular complexity index is 265. The second-order valence-corrected chi connectivity index (χ2v) is 4.28. The number of hydrogen-bond donors (Lipinski definition) is 1. The average Bonchev–Trinajstić information content (AvgIpc) is 2.32. The van der Waals surface area contributed by atoms with Crippen LogP contribution >= 0.6 is 11.3 Å². The van der Waals surface area contributed by atoms with Crippen LogP contribution in [-0.2, 0) is 0 Å². The molecule has 1 aliphatic rings. The predicted molar refractivity (Wildman–Crippen MR) is 51.8 cm³/mol. The van der Waals surface area contributed by atoms with Gasteiger partial charge >= 0.3 is 0 Å². The van der Waals surface area contributed by atoms with E-state index in [4.69, 9.17) is 0 Å². The molecule has 0 radical (unpaired) electrons. The normalized spacial score (nSPS) is 22.0. The van der Waals surface area contributed by atoms with Gasteiger partial charge in [-0.3, -0.25) is 0 Å². The number of nitrogens with one attached hydrogen (secondary N) is 1. The fourth-order valence-corrected chi connectivity index (χ4v) is 2.12. The molecule has 1 aliphatic heterocycles. The Hall–Kier alpha value is -0.610. The third-order valence-electron chi connectivity index (χ3n) is 2.06. The number of nitrogens with zero attached hydrogens (tertiary/aromatic N) is 2. The van der Waals surface area contributed by atoms with E-state index in [1.165, 1.54) is 11.3 Å². The summed E-state index contributed by atoms with van der Waals surface area (Å²) < 4.78 is 0. The van der Waals surface area contributed by atoms with E-state index in [0.29, 0.717) is 6.04 Å². The second kappa shape index (κ2) is 3.03. The lowest BCUT2D eigenvalue weighted by Gasteiger charge is -2.25. The molecule has 0 amide bonds. The Balaban J connectivity index is 2.12. The lowest BCUT2D eigenvalue weighted by Crippen LogP contribution is -2.34. The first-order chi connectivity index (χ1) is 5.77. The molecular weight excluding hydrogens is 170 g/mol. The zero-order valence-electron chi connectivity index (χ0n) is 7.37. The minimum absolute atomic E-state index is 0.580. The lowest BCUT2D eigenvalue weighted by molar-refractivity contribution is 0.388. The van der Waals surface area contributed by atoms with Crippen molar-refractivity contribution >= 4 is 16.5 Å². The van der Waals surface area contributed by atoms with Gasteiger partial charge < -0.3 is 10.2 Å². The summed E-state index contributed by atoms with van der Waals surface area (Å²) in [5, 5.41) is 4.46. The van der Waals surface area contributed by atoms with Gasteiger partial charge in [-0.1, -0.05) is 0 Å². The van der Waals surface area contributed by atoms with E-state index in [1.807, 2.05) is 25.2 Å². The molecule has 0 aromatic carbocycles. The molecule has 2 heterocycles. The molecule has 1 unspecified atom stereocenters. The van der Waals surface area contributed by atoms with E-state index in [1.54, 1.807) is 11.3 Å². The quantitative estimate of drug-likeness (QED) is 0.748. The van der Waals surface area contributed by atoms with Crippen molar-refractivity contribution in [2.45, 2.75) is 12.5 Å². The maximum Gasteiger partial charge on any atom is 0.185 e. The summed E-state index contributed by atoms with van der Waals surface area (Å²) in [5.74, 6) is 0. The molecule has 1 fully saturated rings. The molecular formula is C8H13N3S. The monoisotopic (exact) mass is 183 g/mol. The van der Waals surface area contributed by atoms with E-state index in [2.05, 4.69) is 10.3 Å². The Kier molecular flexibility index (Phi) is 2.02. The van der Waals surface area contributed by atoms with Crippen LogP contribution in [0.1, 0.15) is 17.3 Å². The highest BCUT2D eigenvalue weighted by molar-refractivity contribution is 7.15. The third kappa shape index (κ3) is 1.32. The topological polar surface area (TPSA) is 28.2 Å². The van der Waals surface area contributed by atoms with Gasteiger partial charge in [-0.25, -0.2) is 4.98 Å². The molecule has 3 nitrogen and oxygen atoms in total. The van der Waals surface area contributed by atoms with Gasteiger partial charge in [-0.05, 0) is 13.0 Å². The standard InChI is InChI=1S/C8H13N3S/c1-11(2)8-10-5-7(12-8)6-3-4-9-6/h5-6,9H,3-4H2,1-2H3. The molecule has 0 aliphatic carbocycles. The number of aromatic nitrogens is 1. The number of hydrogen-bond acceptors (Lipinski definition) is 4. The van der Waals surface area contributed by atoms with Crippen molar-refractivity contribution in [3.8, 4) is 0 Å². The molecule has 0 spiro atoms. The molecule has 1 atom stereocenters. The van der Waals surface area contributed by atoms with Crippen LogP contribution in [0.25, 0.3) is 0 Å².